The number of carboxylic acid groups (broad SMARTS) is 1. The van der Waals surface area contributed by atoms with Crippen LogP contribution in [0.4, 0.5) is 5.69 Å². The van der Waals surface area contributed by atoms with Gasteiger partial charge in [-0.3, -0.25) is 0 Å². The molecule has 0 spiro atoms. The number of carboxylic acids is 1. The Kier molecular flexibility index (Phi) is 4.39. The van der Waals surface area contributed by atoms with E-state index in [-0.39, 0.29) is 5.56 Å². The smallest absolute Gasteiger partial charge is 0.335 e. The molecular formula is C12H12BrNO2. The summed E-state index contributed by atoms with van der Waals surface area (Å²) >= 11 is 3.29. The van der Waals surface area contributed by atoms with E-state index in [4.69, 9.17) is 11.5 Å². The molecular weight excluding hydrogens is 270 g/mol. The summed E-state index contributed by atoms with van der Waals surface area (Å²) < 4.78 is 0.734. The van der Waals surface area contributed by atoms with E-state index in [0.717, 1.165) is 16.7 Å². The monoisotopic (exact) mass is 281 g/mol. The van der Waals surface area contributed by atoms with E-state index in [1.54, 1.807) is 12.1 Å². The zero-order valence-electron chi connectivity index (χ0n) is 8.90. The van der Waals surface area contributed by atoms with Crippen molar-refractivity contribution in [3.63, 3.8) is 0 Å². The average Bonchev–Trinajstić information content (AvgIpc) is 2.24. The maximum atomic E-state index is 10.9. The summed E-state index contributed by atoms with van der Waals surface area (Å²) in [5.74, 6) is 1.60. The highest BCUT2D eigenvalue weighted by Crippen LogP contribution is 2.22. The minimum atomic E-state index is -0.945. The van der Waals surface area contributed by atoms with E-state index >= 15 is 0 Å². The normalized spacial score (nSPS) is 9.56. The molecule has 84 valence electrons. The molecule has 0 radical (unpaired) electrons. The molecule has 1 aromatic rings. The zero-order valence-corrected chi connectivity index (χ0v) is 10.5. The van der Waals surface area contributed by atoms with Gasteiger partial charge in [0, 0.05) is 16.7 Å². The second-order valence-corrected chi connectivity index (χ2v) is 4.14. The van der Waals surface area contributed by atoms with Crippen molar-refractivity contribution in [3.8, 4) is 12.3 Å². The van der Waals surface area contributed by atoms with E-state index in [1.165, 1.54) is 0 Å². The molecule has 0 aliphatic rings. The molecule has 0 saturated heterocycles. The molecule has 0 aliphatic heterocycles. The molecule has 0 aliphatic carbocycles. The lowest BCUT2D eigenvalue weighted by molar-refractivity contribution is 0.0697. The summed E-state index contributed by atoms with van der Waals surface area (Å²) in [6.07, 6.45) is 5.26. The maximum Gasteiger partial charge on any atom is 0.335 e. The number of hydrogen-bond donors (Lipinski definition) is 1. The van der Waals surface area contributed by atoms with Crippen LogP contribution in [0.25, 0.3) is 0 Å². The molecule has 0 amide bonds. The van der Waals surface area contributed by atoms with E-state index in [9.17, 15) is 4.79 Å². The Morgan fingerprint density at radius 2 is 2.25 bits per heavy atom. The van der Waals surface area contributed by atoms with Gasteiger partial charge in [0.25, 0.3) is 0 Å². The molecule has 1 N–H and O–H groups in total. The third kappa shape index (κ3) is 3.01. The number of hydrogen-bond acceptors (Lipinski definition) is 2. The Hall–Kier alpha value is -1.47. The molecule has 0 bridgehead atoms. The lowest BCUT2D eigenvalue weighted by Crippen LogP contribution is -2.23. The fourth-order valence-electron chi connectivity index (χ4n) is 1.38. The summed E-state index contributed by atoms with van der Waals surface area (Å²) in [5, 5.41) is 8.94. The standard InChI is InChI=1S/C12H12BrNO2/c1-3-5-14(4-2)11-7-9(12(15)16)6-10(13)8-11/h1,6-8H,4-5H2,2H3,(H,15,16). The van der Waals surface area contributed by atoms with Gasteiger partial charge in [0.2, 0.25) is 0 Å². The van der Waals surface area contributed by atoms with E-state index in [1.807, 2.05) is 17.9 Å². The van der Waals surface area contributed by atoms with Crippen LogP contribution in [0.1, 0.15) is 17.3 Å². The van der Waals surface area contributed by atoms with Crippen molar-refractivity contribution in [1.82, 2.24) is 0 Å². The van der Waals surface area contributed by atoms with Crippen LogP contribution in [0.3, 0.4) is 0 Å². The first-order chi connectivity index (χ1) is 7.58. The van der Waals surface area contributed by atoms with Gasteiger partial charge in [-0.25, -0.2) is 4.79 Å². The third-order valence-electron chi connectivity index (χ3n) is 2.16. The number of benzene rings is 1. The Labute approximate surface area is 103 Å². The van der Waals surface area contributed by atoms with Crippen molar-refractivity contribution in [2.24, 2.45) is 0 Å². The molecule has 4 heteroatoms. The minimum Gasteiger partial charge on any atom is -0.478 e. The first kappa shape index (κ1) is 12.6. The highest BCUT2D eigenvalue weighted by molar-refractivity contribution is 9.10. The topological polar surface area (TPSA) is 40.5 Å². The number of aromatic carboxylic acids is 1. The van der Waals surface area contributed by atoms with Crippen molar-refractivity contribution >= 4 is 27.6 Å². The van der Waals surface area contributed by atoms with Crippen molar-refractivity contribution < 1.29 is 9.90 Å². The second-order valence-electron chi connectivity index (χ2n) is 3.22. The molecule has 16 heavy (non-hydrogen) atoms. The number of nitrogens with zero attached hydrogens (tertiary/aromatic N) is 1. The molecule has 0 saturated carbocycles. The molecule has 0 unspecified atom stereocenters. The first-order valence-electron chi connectivity index (χ1n) is 4.80. The molecule has 0 heterocycles. The van der Waals surface area contributed by atoms with Crippen LogP contribution in [-0.2, 0) is 0 Å². The fourth-order valence-corrected chi connectivity index (χ4v) is 1.86. The van der Waals surface area contributed by atoms with E-state index in [2.05, 4.69) is 21.9 Å². The Morgan fingerprint density at radius 3 is 2.75 bits per heavy atom. The van der Waals surface area contributed by atoms with Gasteiger partial charge in [0.1, 0.15) is 0 Å². The van der Waals surface area contributed by atoms with Gasteiger partial charge in [-0.15, -0.1) is 6.42 Å². The highest BCUT2D eigenvalue weighted by atomic mass is 79.9. The predicted molar refractivity (Wildman–Crippen MR) is 67.8 cm³/mol. The Balaban J connectivity index is 3.13. The van der Waals surface area contributed by atoms with Crippen molar-refractivity contribution in [3.05, 3.63) is 28.2 Å². The maximum absolute atomic E-state index is 10.9. The number of halogens is 1. The van der Waals surface area contributed by atoms with Gasteiger partial charge >= 0.3 is 5.97 Å². The lowest BCUT2D eigenvalue weighted by Gasteiger charge is -2.20. The van der Waals surface area contributed by atoms with Gasteiger partial charge < -0.3 is 10.0 Å². The molecule has 3 nitrogen and oxygen atoms in total. The summed E-state index contributed by atoms with van der Waals surface area (Å²) in [6.45, 7) is 3.17. The van der Waals surface area contributed by atoms with Crippen molar-refractivity contribution in [1.29, 1.82) is 0 Å². The Bertz CT molecular complexity index is 437. The van der Waals surface area contributed by atoms with Gasteiger partial charge in [-0.1, -0.05) is 21.9 Å². The average molecular weight is 282 g/mol. The van der Waals surface area contributed by atoms with Crippen LogP contribution in [-0.4, -0.2) is 24.2 Å². The minimum absolute atomic E-state index is 0.250. The summed E-state index contributed by atoms with van der Waals surface area (Å²) in [4.78, 5) is 12.8. The SMILES string of the molecule is C#CCN(CC)c1cc(Br)cc(C(=O)O)c1. The summed E-state index contributed by atoms with van der Waals surface area (Å²) in [6, 6.07) is 5.04. The van der Waals surface area contributed by atoms with Gasteiger partial charge in [-0.2, -0.15) is 0 Å². The van der Waals surface area contributed by atoms with E-state index in [0.29, 0.717) is 6.54 Å². The second kappa shape index (κ2) is 5.57. The number of rotatable bonds is 4. The summed E-state index contributed by atoms with van der Waals surface area (Å²) in [5.41, 5.74) is 1.06. The lowest BCUT2D eigenvalue weighted by atomic mass is 10.2. The zero-order chi connectivity index (χ0) is 12.1. The van der Waals surface area contributed by atoms with Crippen LogP contribution >= 0.6 is 15.9 Å². The third-order valence-corrected chi connectivity index (χ3v) is 2.62. The van der Waals surface area contributed by atoms with Crippen molar-refractivity contribution in [2.45, 2.75) is 6.92 Å². The van der Waals surface area contributed by atoms with Crippen LogP contribution in [0.2, 0.25) is 0 Å². The van der Waals surface area contributed by atoms with Crippen LogP contribution in [0.15, 0.2) is 22.7 Å². The largest absolute Gasteiger partial charge is 0.478 e. The summed E-state index contributed by atoms with van der Waals surface area (Å²) in [7, 11) is 0. The molecule has 0 atom stereocenters. The molecule has 0 aromatic heterocycles. The van der Waals surface area contributed by atoms with Gasteiger partial charge in [0.05, 0.1) is 12.1 Å². The first-order valence-corrected chi connectivity index (χ1v) is 5.60. The number of terminal acetylenes is 1. The molecule has 0 fully saturated rings. The van der Waals surface area contributed by atoms with Crippen LogP contribution in [0, 0.1) is 12.3 Å². The number of anilines is 1. The molecule has 1 rings (SSSR count). The number of carbonyl (C=O) groups is 1. The Morgan fingerprint density at radius 1 is 1.56 bits per heavy atom. The van der Waals surface area contributed by atoms with Crippen LogP contribution in [0.5, 0.6) is 0 Å². The van der Waals surface area contributed by atoms with Crippen molar-refractivity contribution in [2.75, 3.05) is 18.0 Å². The van der Waals surface area contributed by atoms with Gasteiger partial charge in [0.15, 0.2) is 0 Å². The highest BCUT2D eigenvalue weighted by Gasteiger charge is 2.09. The predicted octanol–water partition coefficient (Wildman–Crippen LogP) is 2.61. The van der Waals surface area contributed by atoms with Crippen LogP contribution < -0.4 is 4.90 Å². The van der Waals surface area contributed by atoms with Gasteiger partial charge in [-0.05, 0) is 25.1 Å². The quantitative estimate of drug-likeness (QED) is 0.863. The van der Waals surface area contributed by atoms with E-state index < -0.39 is 5.97 Å². The molecule has 1 aromatic carbocycles. The fraction of sp³-hybridized carbons (Fsp3) is 0.250.